The number of thiophene rings is 1. The van der Waals surface area contributed by atoms with Crippen molar-refractivity contribution in [1.29, 1.82) is 0 Å². The number of fused-ring (bicyclic) bond motifs is 2. The van der Waals surface area contributed by atoms with Crippen molar-refractivity contribution >= 4 is 38.3 Å². The lowest BCUT2D eigenvalue weighted by molar-refractivity contribution is -0.191. The molecule has 2 aromatic carbocycles. The predicted molar refractivity (Wildman–Crippen MR) is 126 cm³/mol. The van der Waals surface area contributed by atoms with Gasteiger partial charge in [-0.15, -0.1) is 11.3 Å². The van der Waals surface area contributed by atoms with E-state index in [-0.39, 0.29) is 17.1 Å². The molecule has 6 rings (SSSR count). The Kier molecular flexibility index (Phi) is 4.32. The highest BCUT2D eigenvalue weighted by molar-refractivity contribution is 7.22. The molecule has 0 bridgehead atoms. The van der Waals surface area contributed by atoms with Gasteiger partial charge >= 0.3 is 5.97 Å². The van der Waals surface area contributed by atoms with Crippen LogP contribution in [0.5, 0.6) is 5.75 Å². The molecule has 4 aromatic rings. The third kappa shape index (κ3) is 2.93. The van der Waals surface area contributed by atoms with E-state index in [0.717, 1.165) is 42.1 Å². The molecule has 1 saturated heterocycles. The van der Waals surface area contributed by atoms with E-state index in [0.29, 0.717) is 22.3 Å². The average molecular weight is 446 g/mol. The molecule has 2 aromatic heterocycles. The van der Waals surface area contributed by atoms with Gasteiger partial charge in [0.1, 0.15) is 11.9 Å². The number of aryl methyl sites for hydroxylation is 2. The Bertz CT molecular complexity index is 1390. The maximum absolute atomic E-state index is 12.4. The molecule has 1 aliphatic heterocycles. The molecule has 3 heterocycles. The number of carbonyl (C=O) groups is 1. The van der Waals surface area contributed by atoms with Gasteiger partial charge in [0, 0.05) is 10.1 Å². The van der Waals surface area contributed by atoms with Gasteiger partial charge in [0.05, 0.1) is 40.3 Å². The van der Waals surface area contributed by atoms with E-state index in [9.17, 15) is 9.90 Å². The number of aromatic carboxylic acids is 1. The van der Waals surface area contributed by atoms with E-state index in [2.05, 4.69) is 19.1 Å². The maximum Gasteiger partial charge on any atom is 0.336 e. The second-order valence-corrected chi connectivity index (χ2v) is 10.2. The van der Waals surface area contributed by atoms with Crippen LogP contribution >= 0.6 is 11.3 Å². The van der Waals surface area contributed by atoms with Gasteiger partial charge in [-0.05, 0) is 61.4 Å². The van der Waals surface area contributed by atoms with Gasteiger partial charge in [0.25, 0.3) is 0 Å². The van der Waals surface area contributed by atoms with Crippen molar-refractivity contribution in [3.8, 4) is 16.3 Å². The predicted octanol–water partition coefficient (Wildman–Crippen LogP) is 5.99. The van der Waals surface area contributed by atoms with Crippen molar-refractivity contribution in [2.45, 2.75) is 32.8 Å². The molecule has 1 saturated carbocycles. The molecule has 0 atom stereocenters. The van der Waals surface area contributed by atoms with E-state index in [1.165, 1.54) is 10.1 Å². The minimum absolute atomic E-state index is 0.0935. The van der Waals surface area contributed by atoms with Gasteiger partial charge in [-0.25, -0.2) is 9.78 Å². The first-order valence-corrected chi connectivity index (χ1v) is 11.7. The molecule has 2 fully saturated rings. The Balaban J connectivity index is 1.48. The van der Waals surface area contributed by atoms with Gasteiger partial charge in [-0.3, -0.25) is 0 Å². The van der Waals surface area contributed by atoms with Crippen LogP contribution in [0, 0.1) is 19.3 Å². The lowest BCUT2D eigenvalue weighted by atomic mass is 9.65. The van der Waals surface area contributed by atoms with Crippen LogP contribution in [0.1, 0.15) is 34.3 Å². The zero-order valence-electron chi connectivity index (χ0n) is 18.0. The number of pyridine rings is 1. The van der Waals surface area contributed by atoms with E-state index in [1.807, 2.05) is 31.2 Å². The van der Waals surface area contributed by atoms with E-state index in [4.69, 9.17) is 14.5 Å². The number of ether oxygens (including phenoxy) is 2. The summed E-state index contributed by atoms with van der Waals surface area (Å²) in [5, 5.41) is 11.9. The van der Waals surface area contributed by atoms with Gasteiger partial charge in [-0.2, -0.15) is 0 Å². The second kappa shape index (κ2) is 7.02. The summed E-state index contributed by atoms with van der Waals surface area (Å²) in [7, 11) is 0. The Labute approximate surface area is 189 Å². The highest BCUT2D eigenvalue weighted by Gasteiger charge is 2.51. The normalized spacial score (nSPS) is 17.4. The molecule has 6 heteroatoms. The Hall–Kier alpha value is -2.96. The van der Waals surface area contributed by atoms with Crippen molar-refractivity contribution in [1.82, 2.24) is 4.98 Å². The maximum atomic E-state index is 12.4. The summed E-state index contributed by atoms with van der Waals surface area (Å²) >= 11 is 1.65. The molecular weight excluding hydrogens is 422 g/mol. The van der Waals surface area contributed by atoms with Crippen LogP contribution < -0.4 is 4.74 Å². The van der Waals surface area contributed by atoms with Crippen LogP contribution in [0.2, 0.25) is 0 Å². The zero-order valence-corrected chi connectivity index (χ0v) is 18.8. The van der Waals surface area contributed by atoms with Crippen molar-refractivity contribution in [3.05, 3.63) is 59.2 Å². The fourth-order valence-corrected chi connectivity index (χ4v) is 6.21. The smallest absolute Gasteiger partial charge is 0.336 e. The molecule has 0 amide bonds. The summed E-state index contributed by atoms with van der Waals surface area (Å²) in [6.07, 6.45) is 2.00. The van der Waals surface area contributed by atoms with Crippen LogP contribution in [-0.4, -0.2) is 35.4 Å². The number of aromatic nitrogens is 1. The number of benzene rings is 2. The second-order valence-electron chi connectivity index (χ2n) is 9.16. The third-order valence-corrected chi connectivity index (χ3v) is 8.16. The standard InChI is InChI=1S/C26H23NO4S/c1-14-7-8-20(31-16-10-26(11-16)12-30-13-26)22-18(25(28)29)9-19(27-23(14)22)24-15(2)17-5-3-4-6-21(17)32-24/h3-9,16H,10-13H2,1-2H3,(H,28,29). The minimum Gasteiger partial charge on any atom is -0.490 e. The first-order chi connectivity index (χ1) is 15.4. The largest absolute Gasteiger partial charge is 0.490 e. The molecule has 32 heavy (non-hydrogen) atoms. The number of nitrogens with zero attached hydrogens (tertiary/aromatic N) is 1. The average Bonchev–Trinajstić information content (AvgIpc) is 3.06. The minimum atomic E-state index is -0.967. The van der Waals surface area contributed by atoms with Crippen LogP contribution in [0.4, 0.5) is 0 Å². The summed E-state index contributed by atoms with van der Waals surface area (Å²) in [5.41, 5.74) is 3.97. The number of carboxylic acids is 1. The molecule has 5 nitrogen and oxygen atoms in total. The van der Waals surface area contributed by atoms with Gasteiger partial charge < -0.3 is 14.6 Å². The van der Waals surface area contributed by atoms with Crippen LogP contribution in [-0.2, 0) is 4.74 Å². The van der Waals surface area contributed by atoms with Crippen LogP contribution in [0.3, 0.4) is 0 Å². The lowest BCUT2D eigenvalue weighted by Gasteiger charge is -2.52. The first-order valence-electron chi connectivity index (χ1n) is 10.8. The molecule has 162 valence electrons. The van der Waals surface area contributed by atoms with Gasteiger partial charge in [-0.1, -0.05) is 24.3 Å². The SMILES string of the molecule is Cc1c(-c2cc(C(=O)O)c3c(OC4CC5(COC5)C4)ccc(C)c3n2)sc2ccccc12. The third-order valence-electron chi connectivity index (χ3n) is 6.86. The van der Waals surface area contributed by atoms with Crippen LogP contribution in [0.15, 0.2) is 42.5 Å². The van der Waals surface area contributed by atoms with Crippen molar-refractivity contribution in [2.75, 3.05) is 13.2 Å². The molecule has 1 spiro atoms. The summed E-state index contributed by atoms with van der Waals surface area (Å²) in [4.78, 5) is 18.3. The molecule has 0 unspecified atom stereocenters. The molecule has 1 N–H and O–H groups in total. The zero-order chi connectivity index (χ0) is 22.0. The fraction of sp³-hybridized carbons (Fsp3) is 0.308. The highest BCUT2D eigenvalue weighted by atomic mass is 32.1. The number of rotatable bonds is 4. The number of hydrogen-bond acceptors (Lipinski definition) is 5. The van der Waals surface area contributed by atoms with E-state index < -0.39 is 5.97 Å². The van der Waals surface area contributed by atoms with Gasteiger partial charge in [0.15, 0.2) is 0 Å². The highest BCUT2D eigenvalue weighted by Crippen LogP contribution is 2.49. The first kappa shape index (κ1) is 19.7. The Morgan fingerprint density at radius 2 is 1.97 bits per heavy atom. The van der Waals surface area contributed by atoms with E-state index >= 15 is 0 Å². The fourth-order valence-electron chi connectivity index (χ4n) is 5.04. The number of hydrogen-bond donors (Lipinski definition) is 1. The Morgan fingerprint density at radius 1 is 1.19 bits per heavy atom. The summed E-state index contributed by atoms with van der Waals surface area (Å²) in [6.45, 7) is 5.66. The topological polar surface area (TPSA) is 68.7 Å². The molecule has 2 aliphatic rings. The summed E-state index contributed by atoms with van der Waals surface area (Å²) in [5.74, 6) is -0.361. The quantitative estimate of drug-likeness (QED) is 0.418. The molecule has 0 radical (unpaired) electrons. The Morgan fingerprint density at radius 3 is 2.66 bits per heavy atom. The van der Waals surface area contributed by atoms with Crippen molar-refractivity contribution in [3.63, 3.8) is 0 Å². The lowest BCUT2D eigenvalue weighted by Crippen LogP contribution is -2.56. The van der Waals surface area contributed by atoms with Gasteiger partial charge in [0.2, 0.25) is 0 Å². The number of carboxylic acid groups (broad SMARTS) is 1. The van der Waals surface area contributed by atoms with E-state index in [1.54, 1.807) is 17.4 Å². The molecular formula is C26H23NO4S. The molecule has 1 aliphatic carbocycles. The van der Waals surface area contributed by atoms with Crippen molar-refractivity contribution in [2.24, 2.45) is 5.41 Å². The monoisotopic (exact) mass is 445 g/mol. The summed E-state index contributed by atoms with van der Waals surface area (Å²) < 4.78 is 12.8. The summed E-state index contributed by atoms with van der Waals surface area (Å²) in [6, 6.07) is 13.8. The van der Waals surface area contributed by atoms with Crippen LogP contribution in [0.25, 0.3) is 31.6 Å². The van der Waals surface area contributed by atoms with Crippen molar-refractivity contribution < 1.29 is 19.4 Å².